The van der Waals surface area contributed by atoms with Crippen molar-refractivity contribution in [1.29, 1.82) is 0 Å². The minimum Gasteiger partial charge on any atom is -0.497 e. The number of hydrogen-bond acceptors (Lipinski definition) is 4. The van der Waals surface area contributed by atoms with Gasteiger partial charge in [-0.05, 0) is 43.2 Å². The fourth-order valence-corrected chi connectivity index (χ4v) is 3.89. The topological polar surface area (TPSA) is 34.1 Å². The monoisotopic (exact) mass is 348 g/mol. The molecule has 4 rings (SSSR count). The zero-order valence-corrected chi connectivity index (χ0v) is 15.3. The molecule has 0 aromatic heterocycles. The highest BCUT2D eigenvalue weighted by molar-refractivity contribution is 6.04. The van der Waals surface area contributed by atoms with Crippen molar-refractivity contribution in [3.8, 4) is 11.5 Å². The average Bonchev–Trinajstić information content (AvgIpc) is 3.16. The number of allylic oxidation sites excluding steroid dienone is 1. The third-order valence-electron chi connectivity index (χ3n) is 5.15. The largest absolute Gasteiger partial charge is 0.497 e. The second-order valence-electron chi connectivity index (χ2n) is 6.73. The Balaban J connectivity index is 1.76. The Morgan fingerprint density at radius 1 is 1.04 bits per heavy atom. The third kappa shape index (κ3) is 3.19. The van der Waals surface area contributed by atoms with Gasteiger partial charge in [0, 0.05) is 36.0 Å². The third-order valence-corrected chi connectivity index (χ3v) is 5.15. The van der Waals surface area contributed by atoms with Crippen molar-refractivity contribution in [3.63, 3.8) is 0 Å². The second-order valence-corrected chi connectivity index (χ2v) is 6.73. The normalized spacial score (nSPS) is 20.7. The minimum atomic E-state index is 0.523. The number of para-hydroxylation sites is 2. The molecule has 2 aliphatic rings. The lowest BCUT2D eigenvalue weighted by Crippen LogP contribution is -2.33. The summed E-state index contributed by atoms with van der Waals surface area (Å²) in [6.07, 6.45) is 5.65. The van der Waals surface area contributed by atoms with Crippen LogP contribution in [0, 0.1) is 0 Å². The van der Waals surface area contributed by atoms with Crippen molar-refractivity contribution in [1.82, 2.24) is 4.90 Å². The molecule has 0 saturated carbocycles. The van der Waals surface area contributed by atoms with Gasteiger partial charge in [0.15, 0.2) is 0 Å². The summed E-state index contributed by atoms with van der Waals surface area (Å²) in [4.78, 5) is 7.45. The highest BCUT2D eigenvalue weighted by Crippen LogP contribution is 2.36. The van der Waals surface area contributed by atoms with Crippen molar-refractivity contribution < 1.29 is 9.47 Å². The average molecular weight is 348 g/mol. The molecule has 1 saturated heterocycles. The maximum absolute atomic E-state index is 5.46. The smallest absolute Gasteiger partial charge is 0.144 e. The van der Waals surface area contributed by atoms with Crippen LogP contribution in [0.5, 0.6) is 11.5 Å². The molecular weight excluding hydrogens is 324 g/mol. The lowest BCUT2D eigenvalue weighted by Gasteiger charge is -2.33. The summed E-state index contributed by atoms with van der Waals surface area (Å²) in [5.41, 5.74) is 4.42. The number of benzene rings is 2. The van der Waals surface area contributed by atoms with E-state index >= 15 is 0 Å². The van der Waals surface area contributed by atoms with Crippen LogP contribution < -0.4 is 9.47 Å². The Morgan fingerprint density at radius 3 is 2.77 bits per heavy atom. The van der Waals surface area contributed by atoms with E-state index in [1.807, 2.05) is 36.4 Å². The molecule has 4 heteroatoms. The molecule has 0 amide bonds. The van der Waals surface area contributed by atoms with Gasteiger partial charge in [0.2, 0.25) is 0 Å². The fraction of sp³-hybridized carbons (Fsp3) is 0.318. The van der Waals surface area contributed by atoms with Crippen molar-refractivity contribution in [3.05, 3.63) is 60.2 Å². The van der Waals surface area contributed by atoms with Crippen LogP contribution in [0.25, 0.3) is 5.70 Å². The van der Waals surface area contributed by atoms with E-state index in [0.29, 0.717) is 6.04 Å². The van der Waals surface area contributed by atoms with Crippen molar-refractivity contribution in [2.45, 2.75) is 25.3 Å². The zero-order chi connectivity index (χ0) is 17.9. The van der Waals surface area contributed by atoms with Crippen LogP contribution in [0.1, 0.15) is 24.8 Å². The molecule has 0 N–H and O–H groups in total. The molecule has 4 nitrogen and oxygen atoms in total. The van der Waals surface area contributed by atoms with E-state index in [0.717, 1.165) is 35.9 Å². The Kier molecular flexibility index (Phi) is 4.65. The molecule has 1 fully saturated rings. The predicted octanol–water partition coefficient (Wildman–Crippen LogP) is 4.69. The molecule has 0 aliphatic carbocycles. The maximum Gasteiger partial charge on any atom is 0.144 e. The van der Waals surface area contributed by atoms with Crippen LogP contribution in [-0.2, 0) is 0 Å². The van der Waals surface area contributed by atoms with E-state index in [1.54, 1.807) is 14.2 Å². The van der Waals surface area contributed by atoms with Gasteiger partial charge in [0.25, 0.3) is 0 Å². The lowest BCUT2D eigenvalue weighted by atomic mass is 9.98. The van der Waals surface area contributed by atoms with Gasteiger partial charge < -0.3 is 14.4 Å². The second kappa shape index (κ2) is 7.24. The van der Waals surface area contributed by atoms with Gasteiger partial charge in [-0.15, -0.1) is 0 Å². The van der Waals surface area contributed by atoms with Gasteiger partial charge >= 0.3 is 0 Å². The number of hydrogen-bond donors (Lipinski definition) is 0. The molecule has 0 spiro atoms. The van der Waals surface area contributed by atoms with E-state index in [4.69, 9.17) is 14.5 Å². The van der Waals surface area contributed by atoms with Crippen LogP contribution in [0.15, 0.2) is 59.6 Å². The van der Waals surface area contributed by atoms with Gasteiger partial charge in [-0.2, -0.15) is 0 Å². The number of methoxy groups -OCH3 is 2. The summed E-state index contributed by atoms with van der Waals surface area (Å²) in [6, 6.07) is 16.7. The molecule has 0 unspecified atom stereocenters. The van der Waals surface area contributed by atoms with Gasteiger partial charge in [-0.3, -0.25) is 0 Å². The molecular formula is C22H24N2O2. The molecule has 1 atom stereocenters. The number of nitrogens with zero attached hydrogens (tertiary/aromatic N) is 2. The van der Waals surface area contributed by atoms with Crippen LogP contribution in [0.3, 0.4) is 0 Å². The Labute approximate surface area is 154 Å². The Hall–Kier alpha value is -2.75. The first kappa shape index (κ1) is 16.7. The highest BCUT2D eigenvalue weighted by atomic mass is 16.5. The van der Waals surface area contributed by atoms with E-state index in [9.17, 15) is 0 Å². The van der Waals surface area contributed by atoms with E-state index in [1.165, 1.54) is 24.1 Å². The van der Waals surface area contributed by atoms with Crippen LogP contribution >= 0.6 is 0 Å². The summed E-state index contributed by atoms with van der Waals surface area (Å²) in [5.74, 6) is 1.69. The molecule has 2 aromatic rings. The molecule has 0 bridgehead atoms. The van der Waals surface area contributed by atoms with Crippen LogP contribution in [-0.4, -0.2) is 37.4 Å². The fourth-order valence-electron chi connectivity index (χ4n) is 3.89. The summed E-state index contributed by atoms with van der Waals surface area (Å²) in [5, 5.41) is 0. The van der Waals surface area contributed by atoms with Crippen molar-refractivity contribution in [2.24, 2.45) is 4.99 Å². The van der Waals surface area contributed by atoms with E-state index < -0.39 is 0 Å². The van der Waals surface area contributed by atoms with E-state index in [-0.39, 0.29) is 0 Å². The SMILES string of the molecule is COc1cccc(C2=CC(=Nc3ccccc3OC)C[C@H]3CCCN23)c1. The molecule has 2 aliphatic heterocycles. The molecule has 26 heavy (non-hydrogen) atoms. The van der Waals surface area contributed by atoms with Crippen LogP contribution in [0.2, 0.25) is 0 Å². The van der Waals surface area contributed by atoms with Crippen molar-refractivity contribution in [2.75, 3.05) is 20.8 Å². The van der Waals surface area contributed by atoms with E-state index in [2.05, 4.69) is 23.1 Å². The van der Waals surface area contributed by atoms with Crippen LogP contribution in [0.4, 0.5) is 5.69 Å². The predicted molar refractivity (Wildman–Crippen MR) is 105 cm³/mol. The minimum absolute atomic E-state index is 0.523. The zero-order valence-electron chi connectivity index (χ0n) is 15.3. The number of ether oxygens (including phenoxy) is 2. The first-order valence-electron chi connectivity index (χ1n) is 9.12. The lowest BCUT2D eigenvalue weighted by molar-refractivity contribution is 0.371. The standard InChI is InChI=1S/C22H24N2O2/c1-25-19-9-5-7-16(13-19)21-15-17(14-18-8-6-12-24(18)21)23-20-10-3-4-11-22(20)26-2/h3-5,7,9-11,13,15,18H,6,8,12,14H2,1-2H3/t18-/m1/s1. The summed E-state index contributed by atoms with van der Waals surface area (Å²) in [7, 11) is 3.40. The summed E-state index contributed by atoms with van der Waals surface area (Å²) >= 11 is 0. The van der Waals surface area contributed by atoms with Gasteiger partial charge in [0.05, 0.1) is 14.2 Å². The number of rotatable bonds is 4. The molecule has 2 aromatic carbocycles. The van der Waals surface area contributed by atoms with Gasteiger partial charge in [-0.1, -0.05) is 24.3 Å². The summed E-state index contributed by atoms with van der Waals surface area (Å²) in [6.45, 7) is 1.11. The number of aliphatic imine (C=N–C) groups is 1. The molecule has 0 radical (unpaired) electrons. The summed E-state index contributed by atoms with van der Waals surface area (Å²) < 4.78 is 10.9. The van der Waals surface area contributed by atoms with Gasteiger partial charge in [0.1, 0.15) is 17.2 Å². The van der Waals surface area contributed by atoms with Crippen molar-refractivity contribution >= 4 is 17.1 Å². The quantitative estimate of drug-likeness (QED) is 0.804. The maximum atomic E-state index is 5.46. The first-order chi connectivity index (χ1) is 12.8. The molecule has 134 valence electrons. The Morgan fingerprint density at radius 2 is 1.92 bits per heavy atom. The molecule has 2 heterocycles. The highest BCUT2D eigenvalue weighted by Gasteiger charge is 2.31. The van der Waals surface area contributed by atoms with Gasteiger partial charge in [-0.25, -0.2) is 4.99 Å². The Bertz CT molecular complexity index is 857. The number of fused-ring (bicyclic) bond motifs is 1. The first-order valence-corrected chi connectivity index (χ1v) is 9.12.